The summed E-state index contributed by atoms with van der Waals surface area (Å²) in [5.41, 5.74) is 6.01. The Hall–Kier alpha value is -4.74. The molecule has 2 heterocycles. The number of nitrogens with one attached hydrogen (secondary N) is 2. The lowest BCUT2D eigenvalue weighted by atomic mass is 10.1. The first kappa shape index (κ1) is 27.8. The number of methoxy groups -OCH3 is 1. The highest BCUT2D eigenvalue weighted by Gasteiger charge is 2.35. The van der Waals surface area contributed by atoms with Crippen molar-refractivity contribution in [3.05, 3.63) is 111 Å². The van der Waals surface area contributed by atoms with Gasteiger partial charge in [-0.2, -0.15) is 0 Å². The molecule has 41 heavy (non-hydrogen) atoms. The third-order valence-corrected chi connectivity index (χ3v) is 8.16. The lowest BCUT2D eigenvalue weighted by Crippen LogP contribution is -2.31. The smallest absolute Gasteiger partial charge is 0.283 e. The van der Waals surface area contributed by atoms with Crippen LogP contribution in [-0.2, 0) is 4.79 Å². The number of thiazole rings is 1. The Morgan fingerprint density at radius 2 is 1.66 bits per heavy atom. The minimum Gasteiger partial charge on any atom is -0.497 e. The van der Waals surface area contributed by atoms with Gasteiger partial charge in [-0.25, -0.2) is 10.4 Å². The maximum Gasteiger partial charge on any atom is 0.283 e. The zero-order chi connectivity index (χ0) is 28.9. The van der Waals surface area contributed by atoms with Crippen LogP contribution in [0.1, 0.15) is 36.9 Å². The molecule has 1 aromatic heterocycles. The molecular formula is C30H25N5O4S2. The quantitative estimate of drug-likeness (QED) is 0.209. The van der Waals surface area contributed by atoms with Crippen molar-refractivity contribution in [2.45, 2.75) is 13.8 Å². The lowest BCUT2D eigenvalue weighted by molar-refractivity contribution is -0.113. The number of hydrogen-bond donors (Lipinski definition) is 2. The minimum atomic E-state index is -0.505. The maximum atomic E-state index is 13.4. The number of carbonyl (C=O) groups is 3. The molecule has 0 saturated carbocycles. The van der Waals surface area contributed by atoms with Gasteiger partial charge in [-0.1, -0.05) is 53.8 Å². The van der Waals surface area contributed by atoms with Crippen molar-refractivity contribution in [1.29, 1.82) is 0 Å². The molecule has 3 aromatic carbocycles. The van der Waals surface area contributed by atoms with Crippen LogP contribution in [-0.4, -0.2) is 35.0 Å². The van der Waals surface area contributed by atoms with E-state index in [1.807, 2.05) is 55.5 Å². The van der Waals surface area contributed by atoms with Gasteiger partial charge in [0.1, 0.15) is 10.6 Å². The number of amides is 3. The highest BCUT2D eigenvalue weighted by atomic mass is 32.2. The molecule has 2 N–H and O–H groups in total. The number of ether oxygens (including phenoxy) is 1. The first-order valence-electron chi connectivity index (χ1n) is 12.5. The van der Waals surface area contributed by atoms with Gasteiger partial charge in [0, 0.05) is 5.56 Å². The normalized spacial score (nSPS) is 14.9. The SMILES string of the molecule is COc1ccc(C(=O)Nc2nc(C)c(C(=O)N/N=C3\S/C(=C\c4ccccc4C)C(=O)N3c3ccccc3)s2)cc1. The van der Waals surface area contributed by atoms with Gasteiger partial charge < -0.3 is 4.74 Å². The summed E-state index contributed by atoms with van der Waals surface area (Å²) in [5, 5.41) is 7.63. The van der Waals surface area contributed by atoms with E-state index in [4.69, 9.17) is 4.74 Å². The number of anilines is 2. The van der Waals surface area contributed by atoms with E-state index < -0.39 is 5.91 Å². The summed E-state index contributed by atoms with van der Waals surface area (Å²) in [6, 6.07) is 23.5. The monoisotopic (exact) mass is 583 g/mol. The average Bonchev–Trinajstić information content (AvgIpc) is 3.51. The van der Waals surface area contributed by atoms with Crippen LogP contribution in [0.25, 0.3) is 6.08 Å². The lowest BCUT2D eigenvalue weighted by Gasteiger charge is -2.15. The number of amidine groups is 1. The number of rotatable bonds is 7. The average molecular weight is 584 g/mol. The van der Waals surface area contributed by atoms with Crippen LogP contribution in [0, 0.1) is 13.8 Å². The van der Waals surface area contributed by atoms with Crippen LogP contribution in [0.5, 0.6) is 5.75 Å². The van der Waals surface area contributed by atoms with Crippen LogP contribution in [0.4, 0.5) is 10.8 Å². The molecule has 1 saturated heterocycles. The number of hydrazone groups is 1. The Bertz CT molecular complexity index is 1680. The number of carbonyl (C=O) groups excluding carboxylic acids is 3. The van der Waals surface area contributed by atoms with Gasteiger partial charge in [-0.05, 0) is 79.2 Å². The van der Waals surface area contributed by atoms with Crippen molar-refractivity contribution in [1.82, 2.24) is 10.4 Å². The Labute approximate surface area is 244 Å². The summed E-state index contributed by atoms with van der Waals surface area (Å²) >= 11 is 2.21. The largest absolute Gasteiger partial charge is 0.497 e. The minimum absolute atomic E-state index is 0.241. The van der Waals surface area contributed by atoms with E-state index in [1.165, 1.54) is 16.7 Å². The van der Waals surface area contributed by atoms with E-state index in [9.17, 15) is 14.4 Å². The Morgan fingerprint density at radius 1 is 0.951 bits per heavy atom. The molecule has 0 unspecified atom stereocenters. The van der Waals surface area contributed by atoms with Crippen LogP contribution in [0.15, 0.2) is 88.9 Å². The molecule has 4 aromatic rings. The van der Waals surface area contributed by atoms with E-state index in [2.05, 4.69) is 20.8 Å². The Balaban J connectivity index is 1.35. The van der Waals surface area contributed by atoms with Crippen LogP contribution >= 0.6 is 23.1 Å². The molecule has 1 aliphatic heterocycles. The van der Waals surface area contributed by atoms with Crippen LogP contribution in [0.2, 0.25) is 0 Å². The molecule has 5 rings (SSSR count). The molecule has 11 heteroatoms. The van der Waals surface area contributed by atoms with E-state index in [0.717, 1.165) is 22.5 Å². The number of benzene rings is 3. The topological polar surface area (TPSA) is 113 Å². The number of para-hydroxylation sites is 1. The standard InChI is InChI=1S/C30H25N5O4S2/c1-18-9-7-8-10-21(18)17-24-28(38)35(22-11-5-4-6-12-22)30(40-24)34-33-27(37)25-19(2)31-29(41-25)32-26(36)20-13-15-23(39-3)16-14-20/h4-17H,1-3H3,(H,33,37)(H,31,32,36)/b24-17-,34-30-. The van der Waals surface area contributed by atoms with Gasteiger partial charge in [0.2, 0.25) is 0 Å². The van der Waals surface area contributed by atoms with Gasteiger partial charge in [0.15, 0.2) is 10.3 Å². The fraction of sp³-hybridized carbons (Fsp3) is 0.100. The first-order valence-corrected chi connectivity index (χ1v) is 14.1. The van der Waals surface area contributed by atoms with Crippen molar-refractivity contribution >= 4 is 62.9 Å². The molecular weight excluding hydrogens is 558 g/mol. The maximum absolute atomic E-state index is 13.4. The summed E-state index contributed by atoms with van der Waals surface area (Å²) in [6.07, 6.45) is 1.83. The van der Waals surface area contributed by atoms with E-state index in [-0.39, 0.29) is 21.8 Å². The second kappa shape index (κ2) is 12.2. The fourth-order valence-corrected chi connectivity index (χ4v) is 5.75. The first-order chi connectivity index (χ1) is 19.8. The third kappa shape index (κ3) is 6.21. The van der Waals surface area contributed by atoms with Crippen molar-refractivity contribution in [2.24, 2.45) is 5.10 Å². The van der Waals surface area contributed by atoms with Crippen molar-refractivity contribution in [3.63, 3.8) is 0 Å². The number of nitrogens with zero attached hydrogens (tertiary/aromatic N) is 3. The summed E-state index contributed by atoms with van der Waals surface area (Å²) in [6.45, 7) is 3.65. The van der Waals surface area contributed by atoms with Crippen molar-refractivity contribution < 1.29 is 19.1 Å². The second-order valence-electron chi connectivity index (χ2n) is 8.89. The van der Waals surface area contributed by atoms with Gasteiger partial charge in [-0.15, -0.1) is 5.10 Å². The molecule has 0 radical (unpaired) electrons. The predicted octanol–water partition coefficient (Wildman–Crippen LogP) is 5.84. The van der Waals surface area contributed by atoms with Crippen LogP contribution in [0.3, 0.4) is 0 Å². The molecule has 1 fully saturated rings. The summed E-state index contributed by atoms with van der Waals surface area (Å²) in [7, 11) is 1.55. The second-order valence-corrected chi connectivity index (χ2v) is 10.9. The summed E-state index contributed by atoms with van der Waals surface area (Å²) in [5.74, 6) is -0.469. The van der Waals surface area contributed by atoms with Crippen molar-refractivity contribution in [3.8, 4) is 5.75 Å². The fourth-order valence-electron chi connectivity index (χ4n) is 3.97. The summed E-state index contributed by atoms with van der Waals surface area (Å²) in [4.78, 5) is 45.7. The Morgan fingerprint density at radius 3 is 2.37 bits per heavy atom. The Kier molecular flexibility index (Phi) is 8.27. The van der Waals surface area contributed by atoms with Gasteiger partial charge in [0.25, 0.3) is 17.7 Å². The highest BCUT2D eigenvalue weighted by molar-refractivity contribution is 8.19. The molecule has 0 atom stereocenters. The zero-order valence-electron chi connectivity index (χ0n) is 22.4. The molecule has 9 nitrogen and oxygen atoms in total. The van der Waals surface area contributed by atoms with Crippen molar-refractivity contribution in [2.75, 3.05) is 17.3 Å². The molecule has 206 valence electrons. The van der Waals surface area contributed by atoms with Crippen LogP contribution < -0.4 is 20.4 Å². The zero-order valence-corrected chi connectivity index (χ0v) is 24.0. The summed E-state index contributed by atoms with van der Waals surface area (Å²) < 4.78 is 5.12. The molecule has 3 amide bonds. The molecule has 0 aliphatic carbocycles. The number of aryl methyl sites for hydroxylation is 2. The van der Waals surface area contributed by atoms with E-state index in [1.54, 1.807) is 50.4 Å². The van der Waals surface area contributed by atoms with E-state index >= 15 is 0 Å². The third-order valence-electron chi connectivity index (χ3n) is 6.12. The number of thioether (sulfide) groups is 1. The van der Waals surface area contributed by atoms with E-state index in [0.29, 0.717) is 32.8 Å². The molecule has 0 bridgehead atoms. The predicted molar refractivity (Wildman–Crippen MR) is 163 cm³/mol. The molecule has 1 aliphatic rings. The highest BCUT2D eigenvalue weighted by Crippen LogP contribution is 2.36. The number of aromatic nitrogens is 1. The number of hydrogen-bond acceptors (Lipinski definition) is 8. The van der Waals surface area contributed by atoms with Gasteiger partial charge >= 0.3 is 0 Å². The van der Waals surface area contributed by atoms with Gasteiger partial charge in [0.05, 0.1) is 23.4 Å². The molecule has 0 spiro atoms. The van der Waals surface area contributed by atoms with Gasteiger partial charge in [-0.3, -0.25) is 24.6 Å².